The molecule has 0 atom stereocenters. The summed E-state index contributed by atoms with van der Waals surface area (Å²) in [4.78, 5) is 0. The van der Waals surface area contributed by atoms with Gasteiger partial charge >= 0.3 is 0 Å². The molecule has 0 heterocycles. The van der Waals surface area contributed by atoms with Crippen molar-refractivity contribution in [3.63, 3.8) is 0 Å². The molecule has 0 aromatic carbocycles. The normalized spacial score (nSPS) is 0. The van der Waals surface area contributed by atoms with Gasteiger partial charge in [0.15, 0.2) is 0 Å². The van der Waals surface area contributed by atoms with Crippen molar-refractivity contribution in [2.75, 3.05) is 0 Å². The predicted octanol–water partition coefficient (Wildman–Crippen LogP) is -1.97. The van der Waals surface area contributed by atoms with Gasteiger partial charge in [0.1, 0.15) is 0 Å². The Morgan fingerprint density at radius 3 is 1.00 bits per heavy atom. The molecule has 0 saturated heterocycles. The van der Waals surface area contributed by atoms with E-state index in [1.165, 1.54) is 0 Å². The van der Waals surface area contributed by atoms with Crippen LogP contribution in [-0.2, 0) is 21.7 Å². The van der Waals surface area contributed by atoms with E-state index in [0.717, 1.165) is 0 Å². The molecule has 0 aromatic rings. The summed E-state index contributed by atoms with van der Waals surface area (Å²) >= 11 is 0. The molecular formula is H2AlKOSiTi. The second kappa shape index (κ2) is 27.7. The predicted molar refractivity (Wildman–Crippen MR) is 20.9 cm³/mol. The zero-order valence-corrected chi connectivity index (χ0v) is 9.92. The molecule has 0 aliphatic heterocycles. The van der Waals surface area contributed by atoms with Gasteiger partial charge in [-0.15, -0.1) is 0 Å². The Labute approximate surface area is 104 Å². The molecule has 0 aromatic heterocycles. The van der Waals surface area contributed by atoms with Crippen LogP contribution in [0.15, 0.2) is 0 Å². The molecule has 0 amide bonds. The summed E-state index contributed by atoms with van der Waals surface area (Å²) in [5.74, 6) is 0. The van der Waals surface area contributed by atoms with Crippen LogP contribution in [0.3, 0.4) is 0 Å². The van der Waals surface area contributed by atoms with Crippen LogP contribution in [0.2, 0.25) is 0 Å². The molecule has 0 aliphatic carbocycles. The monoisotopic (exact) mass is 160 g/mol. The minimum absolute atomic E-state index is 0. The number of rotatable bonds is 0. The Morgan fingerprint density at radius 1 is 1.00 bits per heavy atom. The van der Waals surface area contributed by atoms with Crippen LogP contribution in [0.4, 0.5) is 0 Å². The van der Waals surface area contributed by atoms with E-state index in [0.29, 0.717) is 0 Å². The smallest absolute Gasteiger partial charge is 0 e. The standard InChI is InChI=1S/Al.K.H2O.Si.Ti/h;;1H2;;. The average molecular weight is 160 g/mol. The van der Waals surface area contributed by atoms with Crippen molar-refractivity contribution in [1.82, 2.24) is 0 Å². The first-order chi connectivity index (χ1) is 0. The topological polar surface area (TPSA) is 31.5 Å². The van der Waals surface area contributed by atoms with E-state index in [-0.39, 0.29) is 107 Å². The molecule has 0 rings (SSSR count). The Morgan fingerprint density at radius 2 is 1.00 bits per heavy atom. The van der Waals surface area contributed by atoms with Crippen molar-refractivity contribution in [3.05, 3.63) is 0 Å². The summed E-state index contributed by atoms with van der Waals surface area (Å²) in [6.45, 7) is 0. The Kier molecular flexibility index (Phi) is 238. The van der Waals surface area contributed by atoms with Gasteiger partial charge < -0.3 is 5.48 Å². The molecule has 8 radical (unpaired) electrons. The van der Waals surface area contributed by atoms with E-state index in [2.05, 4.69) is 0 Å². The average Bonchev–Trinajstić information content (AvgIpc) is 0. The van der Waals surface area contributed by atoms with Crippen molar-refractivity contribution in [3.8, 4) is 0 Å². The Balaban J connectivity index is 0. The SMILES string of the molecule is O.[Al].[K].[Si].[Ti]. The van der Waals surface area contributed by atoms with Crippen LogP contribution in [0.1, 0.15) is 0 Å². The van der Waals surface area contributed by atoms with Crippen LogP contribution < -0.4 is 0 Å². The summed E-state index contributed by atoms with van der Waals surface area (Å²) in [5.41, 5.74) is 0. The van der Waals surface area contributed by atoms with E-state index < -0.39 is 0 Å². The first-order valence-electron chi connectivity index (χ1n) is 0. The minimum Gasteiger partial charge on any atom is -0.412 e. The fourth-order valence-electron chi connectivity index (χ4n) is 0. The van der Waals surface area contributed by atoms with Crippen LogP contribution in [0.25, 0.3) is 0 Å². The van der Waals surface area contributed by atoms with Crippen molar-refractivity contribution < 1.29 is 27.2 Å². The molecule has 1 nitrogen and oxygen atoms in total. The fourth-order valence-corrected chi connectivity index (χ4v) is 0. The third-order valence-electron chi connectivity index (χ3n) is 0. The summed E-state index contributed by atoms with van der Waals surface area (Å²) in [7, 11) is 0. The van der Waals surface area contributed by atoms with Crippen molar-refractivity contribution >= 4 is 79.7 Å². The fraction of sp³-hybridized carbons (Fsp3) is 0. The molecule has 0 unspecified atom stereocenters. The molecule has 0 fully saturated rings. The van der Waals surface area contributed by atoms with Crippen LogP contribution in [-0.4, -0.2) is 85.2 Å². The zero-order valence-electron chi connectivity index (χ0n) is 3.08. The summed E-state index contributed by atoms with van der Waals surface area (Å²) in [6.07, 6.45) is 0. The number of hydrogen-bond acceptors (Lipinski definition) is 0. The molecule has 5 heteroatoms. The van der Waals surface area contributed by atoms with E-state index in [9.17, 15) is 0 Å². The summed E-state index contributed by atoms with van der Waals surface area (Å²) in [5, 5.41) is 0. The molecule has 20 valence electrons. The first kappa shape index (κ1) is 42.9. The van der Waals surface area contributed by atoms with Gasteiger partial charge in [-0.25, -0.2) is 0 Å². The van der Waals surface area contributed by atoms with Crippen LogP contribution >= 0.6 is 0 Å². The van der Waals surface area contributed by atoms with Crippen molar-refractivity contribution in [1.29, 1.82) is 0 Å². The minimum atomic E-state index is 0. The maximum Gasteiger partial charge on any atom is 0 e. The third kappa shape index (κ3) is 19.3. The van der Waals surface area contributed by atoms with E-state index in [4.69, 9.17) is 0 Å². The summed E-state index contributed by atoms with van der Waals surface area (Å²) in [6, 6.07) is 0. The molecule has 0 bridgehead atoms. The van der Waals surface area contributed by atoms with E-state index in [1.807, 2.05) is 0 Å². The summed E-state index contributed by atoms with van der Waals surface area (Å²) < 4.78 is 0. The van der Waals surface area contributed by atoms with Crippen LogP contribution in [0, 0.1) is 0 Å². The molecule has 2 N–H and O–H groups in total. The molecular weight excluding hydrogens is 158 g/mol. The second-order valence-corrected chi connectivity index (χ2v) is 0. The molecule has 5 heavy (non-hydrogen) atoms. The van der Waals surface area contributed by atoms with Gasteiger partial charge in [-0.2, -0.15) is 0 Å². The van der Waals surface area contributed by atoms with Gasteiger partial charge in [0.2, 0.25) is 0 Å². The Bertz CT molecular complexity index is 11.6. The first-order valence-corrected chi connectivity index (χ1v) is 0. The quantitative estimate of drug-likeness (QED) is 0.368. The van der Waals surface area contributed by atoms with E-state index in [1.54, 1.807) is 0 Å². The van der Waals surface area contributed by atoms with Gasteiger partial charge in [0.05, 0.1) is 0 Å². The third-order valence-corrected chi connectivity index (χ3v) is 0. The molecule has 0 aliphatic rings. The maximum absolute atomic E-state index is 0. The second-order valence-electron chi connectivity index (χ2n) is 0. The molecule has 0 spiro atoms. The van der Waals surface area contributed by atoms with Crippen LogP contribution in [0.5, 0.6) is 0 Å². The van der Waals surface area contributed by atoms with Gasteiger partial charge in [0, 0.05) is 101 Å². The van der Waals surface area contributed by atoms with E-state index >= 15 is 0 Å². The zero-order chi connectivity index (χ0) is 0. The molecule has 0 saturated carbocycles. The van der Waals surface area contributed by atoms with Crippen molar-refractivity contribution in [2.24, 2.45) is 0 Å². The largest absolute Gasteiger partial charge is 0.412 e. The Hall–Kier alpha value is 3.06. The van der Waals surface area contributed by atoms with Gasteiger partial charge in [-0.05, 0) is 0 Å². The van der Waals surface area contributed by atoms with Gasteiger partial charge in [-0.1, -0.05) is 0 Å². The van der Waals surface area contributed by atoms with Gasteiger partial charge in [0.25, 0.3) is 0 Å². The van der Waals surface area contributed by atoms with Gasteiger partial charge in [-0.3, -0.25) is 0 Å². The van der Waals surface area contributed by atoms with Crippen molar-refractivity contribution in [2.45, 2.75) is 0 Å². The maximum atomic E-state index is 0. The number of hydrogen-bond donors (Lipinski definition) is 0.